The Morgan fingerprint density at radius 3 is 2.00 bits per heavy atom. The molecule has 1 saturated heterocycles. The fourth-order valence-electron chi connectivity index (χ4n) is 2.26. The normalized spacial score (nSPS) is 19.4. The summed E-state index contributed by atoms with van der Waals surface area (Å²) in [5, 5.41) is 0. The van der Waals surface area contributed by atoms with E-state index in [-0.39, 0.29) is 12.8 Å². The fourth-order valence-corrected chi connectivity index (χ4v) is 2.26. The topological polar surface area (TPSA) is 57.7 Å². The second-order valence-corrected chi connectivity index (χ2v) is 4.67. The van der Waals surface area contributed by atoms with E-state index in [1.165, 1.54) is 14.1 Å². The van der Waals surface area contributed by atoms with Crippen molar-refractivity contribution in [3.63, 3.8) is 0 Å². The summed E-state index contributed by atoms with van der Waals surface area (Å²) >= 11 is 0. The van der Waals surface area contributed by atoms with Gasteiger partial charge in [-0.1, -0.05) is 25.2 Å². The average Bonchev–Trinajstić information content (AvgIpc) is 2.41. The van der Waals surface area contributed by atoms with Gasteiger partial charge in [-0.15, -0.1) is 6.58 Å². The van der Waals surface area contributed by atoms with E-state index in [9.17, 15) is 14.4 Å². The molecule has 19 heavy (non-hydrogen) atoms. The molecule has 0 unspecified atom stereocenters. The molecule has 1 aliphatic heterocycles. The number of amides is 4. The quantitative estimate of drug-likeness (QED) is 0.563. The summed E-state index contributed by atoms with van der Waals surface area (Å²) in [6.45, 7) is 5.59. The van der Waals surface area contributed by atoms with Gasteiger partial charge in [0.05, 0.1) is 0 Å². The monoisotopic (exact) mass is 264 g/mol. The third kappa shape index (κ3) is 2.45. The summed E-state index contributed by atoms with van der Waals surface area (Å²) in [6.07, 6.45) is 6.61. The van der Waals surface area contributed by atoms with E-state index in [1.807, 2.05) is 19.1 Å². The molecule has 1 aliphatic rings. The van der Waals surface area contributed by atoms with Crippen LogP contribution in [0.2, 0.25) is 0 Å². The van der Waals surface area contributed by atoms with Crippen LogP contribution in [0.3, 0.4) is 0 Å². The van der Waals surface area contributed by atoms with Crippen LogP contribution in [0.5, 0.6) is 0 Å². The number of barbiturate groups is 1. The lowest BCUT2D eigenvalue weighted by molar-refractivity contribution is -0.156. The summed E-state index contributed by atoms with van der Waals surface area (Å²) in [5.41, 5.74) is -1.23. The third-order valence-corrected chi connectivity index (χ3v) is 3.36. The lowest BCUT2D eigenvalue weighted by Gasteiger charge is -2.40. The van der Waals surface area contributed by atoms with E-state index in [0.717, 1.165) is 16.2 Å². The molecule has 104 valence electrons. The van der Waals surface area contributed by atoms with Crippen molar-refractivity contribution in [2.24, 2.45) is 5.41 Å². The maximum atomic E-state index is 12.4. The van der Waals surface area contributed by atoms with Gasteiger partial charge in [-0.25, -0.2) is 4.79 Å². The highest BCUT2D eigenvalue weighted by atomic mass is 16.2. The zero-order chi connectivity index (χ0) is 14.6. The molecule has 0 aromatic carbocycles. The zero-order valence-corrected chi connectivity index (χ0v) is 11.7. The molecular formula is C14H20N2O3. The van der Waals surface area contributed by atoms with Gasteiger partial charge in [-0.3, -0.25) is 19.4 Å². The Kier molecular flexibility index (Phi) is 4.64. The number of hydrogen-bond donors (Lipinski definition) is 0. The highest BCUT2D eigenvalue weighted by Crippen LogP contribution is 2.36. The van der Waals surface area contributed by atoms with Gasteiger partial charge in [0, 0.05) is 14.1 Å². The summed E-state index contributed by atoms with van der Waals surface area (Å²) < 4.78 is 0. The molecule has 0 spiro atoms. The number of imide groups is 2. The highest BCUT2D eigenvalue weighted by molar-refractivity contribution is 6.18. The van der Waals surface area contributed by atoms with Crippen molar-refractivity contribution in [1.82, 2.24) is 9.80 Å². The van der Waals surface area contributed by atoms with E-state index < -0.39 is 23.3 Å². The number of carbonyl (C=O) groups excluding carboxylic acids is 3. The van der Waals surface area contributed by atoms with Gasteiger partial charge in [0.2, 0.25) is 11.8 Å². The molecule has 5 heteroatoms. The Bertz CT molecular complexity index is 416. The number of carbonyl (C=O) groups is 3. The predicted octanol–water partition coefficient (Wildman–Crippen LogP) is 1.96. The molecule has 0 aromatic rings. The van der Waals surface area contributed by atoms with Crippen molar-refractivity contribution in [1.29, 1.82) is 0 Å². The lowest BCUT2D eigenvalue weighted by Crippen LogP contribution is -2.62. The Hall–Kier alpha value is -1.91. The molecule has 0 N–H and O–H groups in total. The van der Waals surface area contributed by atoms with Crippen LogP contribution in [-0.2, 0) is 9.59 Å². The molecule has 5 nitrogen and oxygen atoms in total. The van der Waals surface area contributed by atoms with Crippen molar-refractivity contribution in [3.8, 4) is 0 Å². The highest BCUT2D eigenvalue weighted by Gasteiger charge is 2.53. The van der Waals surface area contributed by atoms with Gasteiger partial charge < -0.3 is 0 Å². The van der Waals surface area contributed by atoms with Crippen LogP contribution in [0.25, 0.3) is 0 Å². The number of urea groups is 1. The standard InChI is InChI=1S/C14H20N2O3/c1-5-7-8-10-14(9-6-2)11(17)15(3)13(19)16(4)12(14)18/h6-8H,2,5,9-10H2,1,3-4H3/b8-7+. The maximum absolute atomic E-state index is 12.4. The first-order chi connectivity index (χ1) is 8.92. The number of allylic oxidation sites excluding steroid dienone is 3. The summed E-state index contributed by atoms with van der Waals surface area (Å²) in [7, 11) is 2.80. The first-order valence-corrected chi connectivity index (χ1v) is 6.28. The van der Waals surface area contributed by atoms with E-state index in [2.05, 4.69) is 6.58 Å². The molecule has 0 radical (unpaired) electrons. The van der Waals surface area contributed by atoms with Crippen LogP contribution in [-0.4, -0.2) is 41.7 Å². The fraction of sp³-hybridized carbons (Fsp3) is 0.500. The van der Waals surface area contributed by atoms with Crippen molar-refractivity contribution in [2.75, 3.05) is 14.1 Å². The first-order valence-electron chi connectivity index (χ1n) is 6.28. The van der Waals surface area contributed by atoms with E-state index in [0.29, 0.717) is 0 Å². The molecule has 1 rings (SSSR count). The van der Waals surface area contributed by atoms with Gasteiger partial charge in [-0.2, -0.15) is 0 Å². The van der Waals surface area contributed by atoms with E-state index >= 15 is 0 Å². The largest absolute Gasteiger partial charge is 0.332 e. The van der Waals surface area contributed by atoms with Crippen LogP contribution >= 0.6 is 0 Å². The van der Waals surface area contributed by atoms with Crippen LogP contribution in [0.4, 0.5) is 4.79 Å². The molecule has 0 aromatic heterocycles. The number of rotatable bonds is 5. The SMILES string of the molecule is C=CCC1(C/C=C/CC)C(=O)N(C)C(=O)N(C)C1=O. The van der Waals surface area contributed by atoms with Crippen LogP contribution < -0.4 is 0 Å². The van der Waals surface area contributed by atoms with Crippen molar-refractivity contribution < 1.29 is 14.4 Å². The number of nitrogens with zero attached hydrogens (tertiary/aromatic N) is 2. The average molecular weight is 264 g/mol. The lowest BCUT2D eigenvalue weighted by atomic mass is 9.77. The Labute approximate surface area is 113 Å². The summed E-state index contributed by atoms with van der Waals surface area (Å²) in [6, 6.07) is -0.589. The Balaban J connectivity index is 3.21. The molecule has 0 saturated carbocycles. The molecule has 4 amide bonds. The molecule has 0 atom stereocenters. The third-order valence-electron chi connectivity index (χ3n) is 3.36. The van der Waals surface area contributed by atoms with Crippen molar-refractivity contribution in [2.45, 2.75) is 26.2 Å². The second kappa shape index (κ2) is 5.82. The van der Waals surface area contributed by atoms with Gasteiger partial charge in [0.1, 0.15) is 5.41 Å². The van der Waals surface area contributed by atoms with Crippen LogP contribution in [0, 0.1) is 5.41 Å². The van der Waals surface area contributed by atoms with Crippen molar-refractivity contribution >= 4 is 17.8 Å². The maximum Gasteiger partial charge on any atom is 0.332 e. The van der Waals surface area contributed by atoms with E-state index in [4.69, 9.17) is 0 Å². The van der Waals surface area contributed by atoms with Gasteiger partial charge in [0.15, 0.2) is 0 Å². The molecule has 1 fully saturated rings. The van der Waals surface area contributed by atoms with Crippen molar-refractivity contribution in [3.05, 3.63) is 24.8 Å². The van der Waals surface area contributed by atoms with Gasteiger partial charge in [-0.05, 0) is 19.3 Å². The molecule has 0 bridgehead atoms. The molecular weight excluding hydrogens is 244 g/mol. The van der Waals surface area contributed by atoms with E-state index in [1.54, 1.807) is 6.08 Å². The Morgan fingerprint density at radius 1 is 1.05 bits per heavy atom. The predicted molar refractivity (Wildman–Crippen MR) is 72.2 cm³/mol. The first kappa shape index (κ1) is 15.1. The molecule has 0 aliphatic carbocycles. The summed E-state index contributed by atoms with van der Waals surface area (Å²) in [5.74, 6) is -0.914. The summed E-state index contributed by atoms with van der Waals surface area (Å²) in [4.78, 5) is 38.5. The zero-order valence-electron chi connectivity index (χ0n) is 11.7. The smallest absolute Gasteiger partial charge is 0.273 e. The Morgan fingerprint density at radius 2 is 1.58 bits per heavy atom. The minimum absolute atomic E-state index is 0.223. The number of hydrogen-bond acceptors (Lipinski definition) is 3. The molecule has 1 heterocycles. The minimum Gasteiger partial charge on any atom is -0.273 e. The second-order valence-electron chi connectivity index (χ2n) is 4.67. The van der Waals surface area contributed by atoms with Crippen LogP contribution in [0.1, 0.15) is 26.2 Å². The van der Waals surface area contributed by atoms with Crippen LogP contribution in [0.15, 0.2) is 24.8 Å². The minimum atomic E-state index is -1.23. The van der Waals surface area contributed by atoms with Gasteiger partial charge in [0.25, 0.3) is 0 Å². The van der Waals surface area contributed by atoms with Gasteiger partial charge >= 0.3 is 6.03 Å².